The first-order valence-corrected chi connectivity index (χ1v) is 6.37. The number of rotatable bonds is 4. The normalized spacial score (nSPS) is 24.5. The van der Waals surface area contributed by atoms with E-state index in [1.807, 2.05) is 0 Å². The van der Waals surface area contributed by atoms with Gasteiger partial charge in [0.15, 0.2) is 0 Å². The quantitative estimate of drug-likeness (QED) is 0.827. The van der Waals surface area contributed by atoms with Gasteiger partial charge in [-0.2, -0.15) is 5.10 Å². The first kappa shape index (κ1) is 12.1. The summed E-state index contributed by atoms with van der Waals surface area (Å²) in [5.74, 6) is 1.93. The summed E-state index contributed by atoms with van der Waals surface area (Å²) in [7, 11) is 0. The lowest BCUT2D eigenvalue weighted by molar-refractivity contribution is -0.126. The lowest BCUT2D eigenvalue weighted by atomic mass is 9.82. The number of hydrogen-bond acceptors (Lipinski definition) is 3. The van der Waals surface area contributed by atoms with Gasteiger partial charge in [0.25, 0.3) is 0 Å². The number of nitrogens with zero attached hydrogens (tertiary/aromatic N) is 2. The maximum Gasteiger partial charge on any atom is 0.223 e. The summed E-state index contributed by atoms with van der Waals surface area (Å²) in [6.07, 6.45) is 6.73. The van der Waals surface area contributed by atoms with E-state index < -0.39 is 0 Å². The molecule has 1 aliphatic carbocycles. The molecule has 0 aromatic carbocycles. The van der Waals surface area contributed by atoms with Crippen molar-refractivity contribution in [1.29, 1.82) is 0 Å². The topological polar surface area (TPSA) is 70.7 Å². The zero-order chi connectivity index (χ0) is 12.1. The molecular formula is C12H20N4O. The molecular weight excluding hydrogens is 216 g/mol. The smallest absolute Gasteiger partial charge is 0.223 e. The maximum atomic E-state index is 11.9. The Bertz CT molecular complexity index is 349. The second kappa shape index (κ2) is 5.80. The van der Waals surface area contributed by atoms with Gasteiger partial charge in [-0.15, -0.1) is 0 Å². The largest absolute Gasteiger partial charge is 0.355 e. The number of aromatic nitrogens is 3. The van der Waals surface area contributed by atoms with Crippen LogP contribution in [0.2, 0.25) is 0 Å². The lowest BCUT2D eigenvalue weighted by Gasteiger charge is -2.25. The molecule has 0 saturated heterocycles. The number of amides is 1. The van der Waals surface area contributed by atoms with Gasteiger partial charge in [0.2, 0.25) is 5.91 Å². The van der Waals surface area contributed by atoms with Crippen LogP contribution in [0.15, 0.2) is 6.33 Å². The predicted octanol–water partition coefficient (Wildman–Crippen LogP) is 1.29. The van der Waals surface area contributed by atoms with E-state index >= 15 is 0 Å². The fourth-order valence-corrected chi connectivity index (χ4v) is 2.47. The highest BCUT2D eigenvalue weighted by Crippen LogP contribution is 2.28. The highest BCUT2D eigenvalue weighted by Gasteiger charge is 2.24. The maximum absolute atomic E-state index is 11.9. The monoisotopic (exact) mass is 236 g/mol. The van der Waals surface area contributed by atoms with E-state index in [0.29, 0.717) is 18.9 Å². The molecule has 1 saturated carbocycles. The lowest BCUT2D eigenvalue weighted by Crippen LogP contribution is -2.34. The third-order valence-electron chi connectivity index (χ3n) is 3.43. The molecule has 1 aliphatic rings. The molecule has 5 heteroatoms. The Morgan fingerprint density at radius 1 is 1.59 bits per heavy atom. The molecule has 94 valence electrons. The average Bonchev–Trinajstić information content (AvgIpc) is 2.82. The molecule has 0 bridgehead atoms. The number of hydrogen-bond donors (Lipinski definition) is 2. The van der Waals surface area contributed by atoms with E-state index in [2.05, 4.69) is 27.4 Å². The van der Waals surface area contributed by atoms with Gasteiger partial charge in [-0.25, -0.2) is 4.98 Å². The summed E-state index contributed by atoms with van der Waals surface area (Å²) in [6.45, 7) is 2.87. The van der Waals surface area contributed by atoms with Crippen molar-refractivity contribution in [3.05, 3.63) is 12.2 Å². The number of aromatic amines is 1. The van der Waals surface area contributed by atoms with Crippen molar-refractivity contribution >= 4 is 5.91 Å². The minimum absolute atomic E-state index is 0.205. The van der Waals surface area contributed by atoms with E-state index in [-0.39, 0.29) is 11.8 Å². The van der Waals surface area contributed by atoms with Crippen molar-refractivity contribution in [2.24, 2.45) is 11.8 Å². The second-order valence-corrected chi connectivity index (χ2v) is 4.94. The summed E-state index contributed by atoms with van der Waals surface area (Å²) in [5.41, 5.74) is 0. The minimum Gasteiger partial charge on any atom is -0.355 e. The van der Waals surface area contributed by atoms with E-state index in [9.17, 15) is 4.79 Å². The van der Waals surface area contributed by atoms with Crippen LogP contribution in [-0.2, 0) is 11.2 Å². The molecule has 1 fully saturated rings. The number of nitrogens with one attached hydrogen (secondary N) is 2. The van der Waals surface area contributed by atoms with Crippen molar-refractivity contribution in [2.75, 3.05) is 6.54 Å². The first-order valence-electron chi connectivity index (χ1n) is 6.37. The van der Waals surface area contributed by atoms with Crippen LogP contribution in [-0.4, -0.2) is 27.6 Å². The van der Waals surface area contributed by atoms with Gasteiger partial charge >= 0.3 is 0 Å². The summed E-state index contributed by atoms with van der Waals surface area (Å²) in [6, 6.07) is 0. The Hall–Kier alpha value is -1.39. The Morgan fingerprint density at radius 2 is 2.47 bits per heavy atom. The highest BCUT2D eigenvalue weighted by molar-refractivity contribution is 5.78. The molecule has 2 rings (SSSR count). The van der Waals surface area contributed by atoms with Crippen molar-refractivity contribution < 1.29 is 4.79 Å². The Kier molecular flexibility index (Phi) is 4.12. The van der Waals surface area contributed by atoms with Crippen LogP contribution in [0.5, 0.6) is 0 Å². The van der Waals surface area contributed by atoms with Crippen LogP contribution < -0.4 is 5.32 Å². The van der Waals surface area contributed by atoms with Crippen LogP contribution in [0, 0.1) is 11.8 Å². The van der Waals surface area contributed by atoms with Crippen LogP contribution in [0.25, 0.3) is 0 Å². The average molecular weight is 236 g/mol. The summed E-state index contributed by atoms with van der Waals surface area (Å²) in [4.78, 5) is 15.9. The van der Waals surface area contributed by atoms with E-state index in [4.69, 9.17) is 0 Å². The van der Waals surface area contributed by atoms with Gasteiger partial charge in [0.05, 0.1) is 0 Å². The molecule has 5 nitrogen and oxygen atoms in total. The van der Waals surface area contributed by atoms with Crippen LogP contribution >= 0.6 is 0 Å². The number of carbonyl (C=O) groups excluding carboxylic acids is 1. The third kappa shape index (κ3) is 3.54. The van der Waals surface area contributed by atoms with Crippen molar-refractivity contribution in [2.45, 2.75) is 39.0 Å². The Balaban J connectivity index is 1.70. The zero-order valence-electron chi connectivity index (χ0n) is 10.3. The third-order valence-corrected chi connectivity index (χ3v) is 3.43. The van der Waals surface area contributed by atoms with Gasteiger partial charge in [-0.1, -0.05) is 19.8 Å². The molecule has 0 radical (unpaired) electrons. The van der Waals surface area contributed by atoms with E-state index in [0.717, 1.165) is 18.7 Å². The van der Waals surface area contributed by atoms with E-state index in [1.54, 1.807) is 0 Å². The molecule has 2 atom stereocenters. The highest BCUT2D eigenvalue weighted by atomic mass is 16.1. The standard InChI is InChI=1S/C12H20N4O/c1-9-3-2-4-10(7-9)12(17)13-6-5-11-14-8-15-16-11/h8-10H,2-7H2,1H3,(H,13,17)(H,14,15,16)/t9-,10-/m0/s1. The van der Waals surface area contributed by atoms with Crippen LogP contribution in [0.1, 0.15) is 38.4 Å². The Morgan fingerprint density at radius 3 is 3.18 bits per heavy atom. The minimum atomic E-state index is 0.205. The molecule has 2 N–H and O–H groups in total. The van der Waals surface area contributed by atoms with Crippen molar-refractivity contribution in [3.63, 3.8) is 0 Å². The summed E-state index contributed by atoms with van der Waals surface area (Å²) in [5, 5.41) is 9.54. The molecule has 17 heavy (non-hydrogen) atoms. The predicted molar refractivity (Wildman–Crippen MR) is 64.2 cm³/mol. The molecule has 0 unspecified atom stereocenters. The fraction of sp³-hybridized carbons (Fsp3) is 0.750. The molecule has 0 aliphatic heterocycles. The van der Waals surface area contributed by atoms with Gasteiger partial charge in [-0.05, 0) is 18.8 Å². The first-order chi connectivity index (χ1) is 8.25. The Labute approximate surface area is 101 Å². The molecule has 1 amide bonds. The van der Waals surface area contributed by atoms with Crippen molar-refractivity contribution in [3.8, 4) is 0 Å². The SMILES string of the molecule is C[C@H]1CCC[C@H](C(=O)NCCc2ncn[nH]2)C1. The number of carbonyl (C=O) groups is 1. The summed E-state index contributed by atoms with van der Waals surface area (Å²) >= 11 is 0. The summed E-state index contributed by atoms with van der Waals surface area (Å²) < 4.78 is 0. The fourth-order valence-electron chi connectivity index (χ4n) is 2.47. The molecule has 1 heterocycles. The van der Waals surface area contributed by atoms with Gasteiger partial charge in [0, 0.05) is 18.9 Å². The van der Waals surface area contributed by atoms with Crippen LogP contribution in [0.3, 0.4) is 0 Å². The van der Waals surface area contributed by atoms with Gasteiger partial charge in [-0.3, -0.25) is 9.89 Å². The molecule has 1 aromatic heterocycles. The number of H-pyrrole nitrogens is 1. The second-order valence-electron chi connectivity index (χ2n) is 4.94. The zero-order valence-corrected chi connectivity index (χ0v) is 10.3. The van der Waals surface area contributed by atoms with Gasteiger partial charge in [0.1, 0.15) is 12.2 Å². The van der Waals surface area contributed by atoms with E-state index in [1.165, 1.54) is 19.2 Å². The molecule has 0 spiro atoms. The van der Waals surface area contributed by atoms with Crippen LogP contribution in [0.4, 0.5) is 0 Å². The van der Waals surface area contributed by atoms with Crippen molar-refractivity contribution in [1.82, 2.24) is 20.5 Å². The van der Waals surface area contributed by atoms with Gasteiger partial charge < -0.3 is 5.32 Å². The molecule has 1 aromatic rings.